The van der Waals surface area contributed by atoms with Gasteiger partial charge in [0, 0.05) is 18.7 Å². The van der Waals surface area contributed by atoms with E-state index in [0.29, 0.717) is 0 Å². The lowest BCUT2D eigenvalue weighted by Gasteiger charge is -2.34. The third kappa shape index (κ3) is 5.32. The number of aliphatic imine (C=N–C) groups is 2. The molecule has 9 heteroatoms. The first kappa shape index (κ1) is 17.9. The van der Waals surface area contributed by atoms with Crippen molar-refractivity contribution in [2.45, 2.75) is 38.6 Å². The molecule has 1 atom stereocenters. The number of benzene rings is 1. The molecule has 0 radical (unpaired) electrons. The molecule has 0 aliphatic carbocycles. The number of piperidine rings is 1. The molecular weight excluding hydrogens is 323 g/mol. The van der Waals surface area contributed by atoms with Crippen LogP contribution >= 0.6 is 0 Å². The minimum Gasteiger partial charge on any atom is -0.406 e. The summed E-state index contributed by atoms with van der Waals surface area (Å²) < 4.78 is 40.5. The number of ether oxygens (including phenoxy) is 1. The first-order chi connectivity index (χ1) is 11.2. The van der Waals surface area contributed by atoms with Crippen LogP contribution in [0.4, 0.5) is 18.9 Å². The Morgan fingerprint density at radius 2 is 2.04 bits per heavy atom. The van der Waals surface area contributed by atoms with Crippen LogP contribution in [0.1, 0.15) is 26.2 Å². The molecule has 6 nitrogen and oxygen atoms in total. The van der Waals surface area contributed by atoms with Gasteiger partial charge >= 0.3 is 6.36 Å². The van der Waals surface area contributed by atoms with Crippen molar-refractivity contribution in [2.75, 3.05) is 6.54 Å². The molecule has 1 aromatic rings. The third-order valence-corrected chi connectivity index (χ3v) is 3.62. The lowest BCUT2D eigenvalue weighted by Crippen LogP contribution is -2.46. The molecule has 4 N–H and O–H groups in total. The Labute approximate surface area is 138 Å². The Hall–Kier alpha value is -2.45. The van der Waals surface area contributed by atoms with Gasteiger partial charge in [0.05, 0.1) is 5.69 Å². The van der Waals surface area contributed by atoms with E-state index in [2.05, 4.69) is 14.7 Å². The molecule has 1 aliphatic heterocycles. The van der Waals surface area contributed by atoms with Gasteiger partial charge in [-0.25, -0.2) is 4.99 Å². The number of rotatable bonds is 2. The number of nitrogens with two attached hydrogens (primary N) is 2. The van der Waals surface area contributed by atoms with Crippen LogP contribution in [0.3, 0.4) is 0 Å². The van der Waals surface area contributed by atoms with Gasteiger partial charge in [-0.2, -0.15) is 4.99 Å². The fraction of sp³-hybridized carbons (Fsp3) is 0.467. The largest absolute Gasteiger partial charge is 0.573 e. The lowest BCUT2D eigenvalue weighted by atomic mass is 10.0. The fourth-order valence-corrected chi connectivity index (χ4v) is 2.53. The second kappa shape index (κ2) is 7.41. The Morgan fingerprint density at radius 3 is 2.71 bits per heavy atom. The highest BCUT2D eigenvalue weighted by atomic mass is 19.4. The minimum atomic E-state index is -4.76. The molecule has 1 unspecified atom stereocenters. The van der Waals surface area contributed by atoms with Gasteiger partial charge in [0.2, 0.25) is 5.96 Å². The third-order valence-electron chi connectivity index (χ3n) is 3.62. The van der Waals surface area contributed by atoms with Crippen molar-refractivity contribution in [1.82, 2.24) is 4.90 Å². The van der Waals surface area contributed by atoms with E-state index in [1.807, 2.05) is 11.8 Å². The average Bonchev–Trinajstić information content (AvgIpc) is 2.45. The number of nitrogens with zero attached hydrogens (tertiary/aromatic N) is 3. The normalized spacial score (nSPS) is 20.2. The number of hydrogen-bond donors (Lipinski definition) is 2. The summed E-state index contributed by atoms with van der Waals surface area (Å²) in [5.74, 6) is -0.251. The van der Waals surface area contributed by atoms with Crippen LogP contribution in [0.25, 0.3) is 0 Å². The van der Waals surface area contributed by atoms with Crippen molar-refractivity contribution in [1.29, 1.82) is 0 Å². The van der Waals surface area contributed by atoms with Crippen LogP contribution in [0.2, 0.25) is 0 Å². The lowest BCUT2D eigenvalue weighted by molar-refractivity contribution is -0.274. The van der Waals surface area contributed by atoms with Gasteiger partial charge in [-0.15, -0.1) is 13.2 Å². The van der Waals surface area contributed by atoms with Crippen LogP contribution in [-0.2, 0) is 0 Å². The SMILES string of the molecule is CC1CCCCN1C(N)=NC(N)=Nc1cccc(OC(F)(F)F)c1. The molecule has 132 valence electrons. The second-order valence-corrected chi connectivity index (χ2v) is 5.52. The van der Waals surface area contributed by atoms with Crippen LogP contribution in [0, 0.1) is 0 Å². The minimum absolute atomic E-state index is 0.130. The topological polar surface area (TPSA) is 89.2 Å². The fourth-order valence-electron chi connectivity index (χ4n) is 2.53. The molecule has 1 fully saturated rings. The summed E-state index contributed by atoms with van der Waals surface area (Å²) in [6.45, 7) is 2.84. The van der Waals surface area contributed by atoms with E-state index in [4.69, 9.17) is 11.5 Å². The molecule has 2 rings (SSSR count). The number of likely N-dealkylation sites (tertiary alicyclic amines) is 1. The predicted octanol–water partition coefficient (Wildman–Crippen LogP) is 2.72. The van der Waals surface area contributed by atoms with Gasteiger partial charge in [0.25, 0.3) is 0 Å². The van der Waals surface area contributed by atoms with Crippen LogP contribution in [0.15, 0.2) is 34.3 Å². The van der Waals surface area contributed by atoms with E-state index < -0.39 is 6.36 Å². The maximum absolute atomic E-state index is 12.2. The summed E-state index contributed by atoms with van der Waals surface area (Å²) in [6, 6.07) is 5.43. The zero-order chi connectivity index (χ0) is 17.7. The summed E-state index contributed by atoms with van der Waals surface area (Å²) in [5, 5.41) is 0. The van der Waals surface area contributed by atoms with Gasteiger partial charge < -0.3 is 21.1 Å². The van der Waals surface area contributed by atoms with Gasteiger partial charge in [-0.05, 0) is 38.3 Å². The van der Waals surface area contributed by atoms with Crippen molar-refractivity contribution < 1.29 is 17.9 Å². The van der Waals surface area contributed by atoms with Crippen molar-refractivity contribution in [3.8, 4) is 5.75 Å². The molecule has 0 amide bonds. The number of hydrogen-bond acceptors (Lipinski definition) is 2. The molecule has 1 heterocycles. The zero-order valence-corrected chi connectivity index (χ0v) is 13.3. The Bertz CT molecular complexity index is 630. The van der Waals surface area contributed by atoms with Crippen LogP contribution < -0.4 is 16.2 Å². The summed E-state index contributed by atoms with van der Waals surface area (Å²) in [6.07, 6.45) is -1.58. The molecular formula is C15H20F3N5O. The van der Waals surface area contributed by atoms with Crippen LogP contribution in [-0.4, -0.2) is 35.8 Å². The van der Waals surface area contributed by atoms with E-state index in [0.717, 1.165) is 31.9 Å². The monoisotopic (exact) mass is 343 g/mol. The molecule has 0 bridgehead atoms. The van der Waals surface area contributed by atoms with E-state index in [1.165, 1.54) is 18.2 Å². The highest BCUT2D eigenvalue weighted by Crippen LogP contribution is 2.26. The number of halogens is 3. The van der Waals surface area contributed by atoms with Gasteiger partial charge in [-0.1, -0.05) is 6.07 Å². The Kier molecular flexibility index (Phi) is 5.53. The maximum atomic E-state index is 12.2. The molecule has 0 spiro atoms. The van der Waals surface area contributed by atoms with Crippen LogP contribution in [0.5, 0.6) is 5.75 Å². The molecule has 1 aromatic carbocycles. The van der Waals surface area contributed by atoms with E-state index in [1.54, 1.807) is 0 Å². The summed E-state index contributed by atoms with van der Waals surface area (Å²) in [7, 11) is 0. The maximum Gasteiger partial charge on any atom is 0.573 e. The smallest absolute Gasteiger partial charge is 0.406 e. The van der Waals surface area contributed by atoms with Crippen molar-refractivity contribution in [3.63, 3.8) is 0 Å². The first-order valence-corrected chi connectivity index (χ1v) is 7.55. The molecule has 24 heavy (non-hydrogen) atoms. The molecule has 0 saturated carbocycles. The molecule has 0 aromatic heterocycles. The van der Waals surface area contributed by atoms with Crippen molar-refractivity contribution in [2.24, 2.45) is 21.5 Å². The summed E-state index contributed by atoms with van der Waals surface area (Å²) >= 11 is 0. The Morgan fingerprint density at radius 1 is 1.29 bits per heavy atom. The summed E-state index contributed by atoms with van der Waals surface area (Å²) in [4.78, 5) is 9.94. The van der Waals surface area contributed by atoms with Gasteiger partial charge in [0.1, 0.15) is 5.75 Å². The second-order valence-electron chi connectivity index (χ2n) is 5.52. The number of alkyl halides is 3. The van der Waals surface area contributed by atoms with Gasteiger partial charge in [0.15, 0.2) is 5.96 Å². The zero-order valence-electron chi connectivity index (χ0n) is 13.3. The molecule has 1 aliphatic rings. The highest BCUT2D eigenvalue weighted by Gasteiger charge is 2.31. The number of guanidine groups is 2. The predicted molar refractivity (Wildman–Crippen MR) is 86.0 cm³/mol. The summed E-state index contributed by atoms with van der Waals surface area (Å²) in [5.41, 5.74) is 11.9. The first-order valence-electron chi connectivity index (χ1n) is 7.55. The van der Waals surface area contributed by atoms with Crippen molar-refractivity contribution in [3.05, 3.63) is 24.3 Å². The average molecular weight is 343 g/mol. The quantitative estimate of drug-likeness (QED) is 0.638. The van der Waals surface area contributed by atoms with Gasteiger partial charge in [-0.3, -0.25) is 0 Å². The Balaban J connectivity index is 2.12. The highest BCUT2D eigenvalue weighted by molar-refractivity contribution is 5.94. The molecule has 1 saturated heterocycles. The standard InChI is InChI=1S/C15H20F3N5O/c1-10-5-2-3-8-23(10)14(20)22-13(19)21-11-6-4-7-12(9-11)24-15(16,17)18/h4,6-7,9-10H,2-3,5,8H2,1H3,(H4,19,20,21,22). The van der Waals surface area contributed by atoms with E-state index >= 15 is 0 Å². The van der Waals surface area contributed by atoms with Crippen molar-refractivity contribution >= 4 is 17.6 Å². The van der Waals surface area contributed by atoms with E-state index in [-0.39, 0.29) is 29.4 Å². The van der Waals surface area contributed by atoms with E-state index in [9.17, 15) is 13.2 Å².